The van der Waals surface area contributed by atoms with E-state index in [2.05, 4.69) is 0 Å². The summed E-state index contributed by atoms with van der Waals surface area (Å²) in [5.74, 6) is -0.398. The van der Waals surface area contributed by atoms with Gasteiger partial charge >= 0.3 is 5.66 Å². The third kappa shape index (κ3) is 1.77. The Bertz CT molecular complexity index is 590. The van der Waals surface area contributed by atoms with E-state index in [-0.39, 0.29) is 0 Å². The van der Waals surface area contributed by atoms with Crippen LogP contribution < -0.4 is 0 Å². The molecule has 5 heteroatoms. The first-order valence-electron chi connectivity index (χ1n) is 6.55. The molecular formula is C15H20N2O3. The Kier molecular flexibility index (Phi) is 3.23. The molecule has 0 saturated heterocycles. The minimum atomic E-state index is -1.59. The average Bonchev–Trinajstić information content (AvgIpc) is 2.51. The number of hydrogen-bond donors (Lipinski definition) is 1. The van der Waals surface area contributed by atoms with Crippen LogP contribution in [0.1, 0.15) is 38.8 Å². The van der Waals surface area contributed by atoms with Crippen molar-refractivity contribution in [3.63, 3.8) is 0 Å². The maximum absolute atomic E-state index is 12.6. The lowest BCUT2D eigenvalue weighted by molar-refractivity contribution is -0.565. The van der Waals surface area contributed by atoms with Gasteiger partial charge in [0, 0.05) is 19.4 Å². The molecule has 0 aliphatic carbocycles. The number of rotatable bonds is 2. The van der Waals surface area contributed by atoms with Crippen LogP contribution in [0.15, 0.2) is 24.3 Å². The Balaban J connectivity index is 2.68. The van der Waals surface area contributed by atoms with Crippen molar-refractivity contribution in [1.82, 2.24) is 5.06 Å². The predicted octanol–water partition coefficient (Wildman–Crippen LogP) is 2.08. The van der Waals surface area contributed by atoms with Gasteiger partial charge in [-0.2, -0.15) is 4.74 Å². The molecular weight excluding hydrogens is 256 g/mol. The minimum absolute atomic E-state index is 0.387. The molecule has 1 aliphatic heterocycles. The second kappa shape index (κ2) is 4.40. The van der Waals surface area contributed by atoms with Gasteiger partial charge in [-0.25, -0.2) is 0 Å². The molecule has 0 amide bonds. The monoisotopic (exact) mass is 276 g/mol. The molecule has 0 saturated carbocycles. The van der Waals surface area contributed by atoms with Crippen molar-refractivity contribution in [2.45, 2.75) is 45.8 Å². The molecule has 1 aliphatic rings. The van der Waals surface area contributed by atoms with Crippen LogP contribution in [0, 0.1) is 12.1 Å². The van der Waals surface area contributed by atoms with Gasteiger partial charge in [0.15, 0.2) is 0 Å². The molecule has 1 atom stereocenters. The van der Waals surface area contributed by atoms with Crippen LogP contribution >= 0.6 is 0 Å². The van der Waals surface area contributed by atoms with E-state index in [1.54, 1.807) is 13.8 Å². The van der Waals surface area contributed by atoms with Crippen LogP contribution in [0.25, 0.3) is 0 Å². The molecule has 1 heterocycles. The van der Waals surface area contributed by atoms with Gasteiger partial charge in [0.2, 0.25) is 11.5 Å². The first-order valence-corrected chi connectivity index (χ1v) is 6.55. The topological polar surface area (TPSA) is 66.6 Å². The van der Waals surface area contributed by atoms with E-state index in [9.17, 15) is 15.2 Å². The van der Waals surface area contributed by atoms with Crippen molar-refractivity contribution in [3.8, 4) is 0 Å². The van der Waals surface area contributed by atoms with Gasteiger partial charge in [-0.15, -0.1) is 5.06 Å². The Morgan fingerprint density at radius 2 is 1.75 bits per heavy atom. The van der Waals surface area contributed by atoms with Gasteiger partial charge in [-0.3, -0.25) is 4.79 Å². The Morgan fingerprint density at radius 1 is 1.25 bits per heavy atom. The molecule has 0 radical (unpaired) electrons. The fraction of sp³-hybridized carbons (Fsp3) is 0.467. The average molecular weight is 276 g/mol. The molecule has 0 spiro atoms. The van der Waals surface area contributed by atoms with Crippen molar-refractivity contribution < 1.29 is 14.7 Å². The van der Waals surface area contributed by atoms with E-state index < -0.39 is 17.0 Å². The summed E-state index contributed by atoms with van der Waals surface area (Å²) in [4.78, 5) is 11.9. The van der Waals surface area contributed by atoms with E-state index in [1.807, 2.05) is 31.2 Å². The zero-order valence-corrected chi connectivity index (χ0v) is 12.5. The summed E-state index contributed by atoms with van der Waals surface area (Å²) in [7, 11) is 0. The summed E-state index contributed by atoms with van der Waals surface area (Å²) in [6.45, 7) is 8.15. The summed E-state index contributed by atoms with van der Waals surface area (Å²) in [5.41, 5.74) is -0.364. The van der Waals surface area contributed by atoms with Gasteiger partial charge in [0.05, 0.1) is 0 Å². The van der Waals surface area contributed by atoms with Crippen LogP contribution in [-0.4, -0.2) is 37.7 Å². The standard InChI is InChI=1S/C15H20N2O3/c1-10-6-8-12(9-7-10)13-14(3,4)17(20)15(5,11(2)18)16(13)19/h6-9,20H,1-5H3/t15-/m1/s1. The zero-order valence-electron chi connectivity index (χ0n) is 12.5. The SMILES string of the molecule is CC(=O)[C@@]1(C)N(O)C(C)(C)C(c2ccc(C)cc2)=[N+]1[O-]. The van der Waals surface area contributed by atoms with Crippen LogP contribution in [0.5, 0.6) is 0 Å². The van der Waals surface area contributed by atoms with Crippen molar-refractivity contribution in [2.75, 3.05) is 0 Å². The van der Waals surface area contributed by atoms with E-state index in [1.165, 1.54) is 13.8 Å². The number of carbonyl (C=O) groups excluding carboxylic acids is 1. The normalized spacial score (nSPS) is 26.1. The Morgan fingerprint density at radius 3 is 2.15 bits per heavy atom. The molecule has 2 rings (SSSR count). The van der Waals surface area contributed by atoms with Crippen LogP contribution in [0.4, 0.5) is 0 Å². The van der Waals surface area contributed by atoms with Crippen molar-refractivity contribution in [3.05, 3.63) is 40.6 Å². The number of Topliss-reactive ketones (excluding diaryl/α,β-unsaturated/α-hetero) is 1. The lowest BCUT2D eigenvalue weighted by Gasteiger charge is -2.30. The third-order valence-corrected chi connectivity index (χ3v) is 4.11. The molecule has 0 fully saturated rings. The van der Waals surface area contributed by atoms with Gasteiger partial charge in [0.1, 0.15) is 5.54 Å². The molecule has 108 valence electrons. The van der Waals surface area contributed by atoms with Crippen LogP contribution in [0.3, 0.4) is 0 Å². The third-order valence-electron chi connectivity index (χ3n) is 4.11. The highest BCUT2D eigenvalue weighted by Gasteiger charge is 2.62. The summed E-state index contributed by atoms with van der Waals surface area (Å²) < 4.78 is 0.625. The fourth-order valence-electron chi connectivity index (χ4n) is 2.67. The summed E-state index contributed by atoms with van der Waals surface area (Å²) in [6.07, 6.45) is 0. The largest absolute Gasteiger partial charge is 0.622 e. The second-order valence-electron chi connectivity index (χ2n) is 5.96. The number of ketones is 1. The van der Waals surface area contributed by atoms with E-state index >= 15 is 0 Å². The number of nitrogens with zero attached hydrogens (tertiary/aromatic N) is 2. The Hall–Kier alpha value is -1.72. The van der Waals surface area contributed by atoms with Crippen LogP contribution in [0.2, 0.25) is 0 Å². The zero-order chi connectivity index (χ0) is 15.3. The van der Waals surface area contributed by atoms with Crippen LogP contribution in [-0.2, 0) is 4.79 Å². The highest BCUT2D eigenvalue weighted by Crippen LogP contribution is 2.35. The molecule has 0 bridgehead atoms. The maximum Gasteiger partial charge on any atom is 0.307 e. The smallest absolute Gasteiger partial charge is 0.307 e. The molecule has 1 aromatic rings. The molecule has 0 aromatic heterocycles. The number of benzene rings is 1. The molecule has 1 N–H and O–H groups in total. The highest BCUT2D eigenvalue weighted by molar-refractivity contribution is 6.06. The van der Waals surface area contributed by atoms with Crippen molar-refractivity contribution >= 4 is 11.5 Å². The fourth-order valence-corrected chi connectivity index (χ4v) is 2.67. The van der Waals surface area contributed by atoms with E-state index in [0.717, 1.165) is 10.6 Å². The number of carbonyl (C=O) groups is 1. The molecule has 1 aromatic carbocycles. The van der Waals surface area contributed by atoms with Gasteiger partial charge in [0.25, 0.3) is 0 Å². The molecule has 20 heavy (non-hydrogen) atoms. The number of hydrogen-bond acceptors (Lipinski definition) is 4. The predicted molar refractivity (Wildman–Crippen MR) is 75.7 cm³/mol. The first kappa shape index (κ1) is 14.7. The minimum Gasteiger partial charge on any atom is -0.622 e. The van der Waals surface area contributed by atoms with Gasteiger partial charge in [-0.05, 0) is 32.9 Å². The first-order chi connectivity index (χ1) is 9.13. The van der Waals surface area contributed by atoms with Gasteiger partial charge in [-0.1, -0.05) is 17.7 Å². The number of aryl methyl sites for hydroxylation is 1. The van der Waals surface area contributed by atoms with Crippen molar-refractivity contribution in [2.24, 2.45) is 0 Å². The lowest BCUT2D eigenvalue weighted by atomic mass is 9.92. The quantitative estimate of drug-likeness (QED) is 0.663. The Labute approximate surface area is 118 Å². The molecule has 5 nitrogen and oxygen atoms in total. The summed E-state index contributed by atoms with van der Waals surface area (Å²) in [5, 5.41) is 23.8. The van der Waals surface area contributed by atoms with Gasteiger partial charge < -0.3 is 10.4 Å². The van der Waals surface area contributed by atoms with E-state index in [0.29, 0.717) is 16.0 Å². The summed E-state index contributed by atoms with van der Waals surface area (Å²) in [6, 6.07) is 7.46. The molecule has 0 unspecified atom stereocenters. The van der Waals surface area contributed by atoms with E-state index in [4.69, 9.17) is 0 Å². The summed E-state index contributed by atoms with van der Waals surface area (Å²) >= 11 is 0. The number of hydroxylamine groups is 3. The lowest BCUT2D eigenvalue weighted by Crippen LogP contribution is -2.57. The maximum atomic E-state index is 12.6. The highest BCUT2D eigenvalue weighted by atomic mass is 16.6. The second-order valence-corrected chi connectivity index (χ2v) is 5.96. The van der Waals surface area contributed by atoms with Crippen molar-refractivity contribution in [1.29, 1.82) is 0 Å².